The standard InChI is InChI=1S/C10H18N2O4S/c1-3-11-6-9-4-5-10(16-9)17(14,15)12-8(2)7-13/h4-5,8,11-13H,3,6-7H2,1-2H3. The lowest BCUT2D eigenvalue weighted by Crippen LogP contribution is -2.34. The van der Waals surface area contributed by atoms with Crippen LogP contribution in [0.15, 0.2) is 21.6 Å². The molecule has 0 aliphatic carbocycles. The van der Waals surface area contributed by atoms with Crippen molar-refractivity contribution in [3.63, 3.8) is 0 Å². The maximum atomic E-state index is 11.8. The van der Waals surface area contributed by atoms with Crippen LogP contribution >= 0.6 is 0 Å². The zero-order valence-electron chi connectivity index (χ0n) is 9.93. The van der Waals surface area contributed by atoms with E-state index in [1.165, 1.54) is 6.07 Å². The molecule has 0 fully saturated rings. The molecule has 1 rings (SSSR count). The van der Waals surface area contributed by atoms with Crippen molar-refractivity contribution in [2.75, 3.05) is 13.2 Å². The van der Waals surface area contributed by atoms with Gasteiger partial charge in [-0.2, -0.15) is 0 Å². The van der Waals surface area contributed by atoms with Gasteiger partial charge in [-0.15, -0.1) is 0 Å². The van der Waals surface area contributed by atoms with Gasteiger partial charge in [-0.25, -0.2) is 13.1 Å². The van der Waals surface area contributed by atoms with Crippen molar-refractivity contribution in [1.29, 1.82) is 0 Å². The Bertz CT molecular complexity index is 441. The lowest BCUT2D eigenvalue weighted by molar-refractivity contribution is 0.264. The molecule has 7 heteroatoms. The predicted molar refractivity (Wildman–Crippen MR) is 63.0 cm³/mol. The third-order valence-electron chi connectivity index (χ3n) is 2.08. The van der Waals surface area contributed by atoms with Gasteiger partial charge in [-0.1, -0.05) is 6.92 Å². The minimum Gasteiger partial charge on any atom is -0.447 e. The number of nitrogens with one attached hydrogen (secondary N) is 2. The molecule has 0 spiro atoms. The molecule has 17 heavy (non-hydrogen) atoms. The zero-order valence-corrected chi connectivity index (χ0v) is 10.8. The van der Waals surface area contributed by atoms with E-state index in [4.69, 9.17) is 9.52 Å². The maximum absolute atomic E-state index is 11.8. The quantitative estimate of drug-likeness (QED) is 0.645. The summed E-state index contributed by atoms with van der Waals surface area (Å²) >= 11 is 0. The molecule has 0 aromatic carbocycles. The third-order valence-corrected chi connectivity index (χ3v) is 3.54. The Balaban J connectivity index is 2.74. The monoisotopic (exact) mass is 262 g/mol. The molecule has 6 nitrogen and oxygen atoms in total. The van der Waals surface area contributed by atoms with Gasteiger partial charge in [0.1, 0.15) is 5.76 Å². The van der Waals surface area contributed by atoms with Crippen LogP contribution in [0.5, 0.6) is 0 Å². The zero-order chi connectivity index (χ0) is 12.9. The number of aliphatic hydroxyl groups is 1. The minimum absolute atomic E-state index is 0.134. The first-order valence-corrected chi connectivity index (χ1v) is 6.90. The first-order valence-electron chi connectivity index (χ1n) is 5.42. The molecule has 1 aromatic heterocycles. The summed E-state index contributed by atoms with van der Waals surface area (Å²) in [5.41, 5.74) is 0. The van der Waals surface area contributed by atoms with Gasteiger partial charge in [0.05, 0.1) is 13.2 Å². The van der Waals surface area contributed by atoms with Crippen LogP contribution in [0.1, 0.15) is 19.6 Å². The van der Waals surface area contributed by atoms with Gasteiger partial charge in [0.2, 0.25) is 5.09 Å². The highest BCUT2D eigenvalue weighted by atomic mass is 32.2. The highest BCUT2D eigenvalue weighted by Gasteiger charge is 2.20. The number of aliphatic hydroxyl groups excluding tert-OH is 1. The van der Waals surface area contributed by atoms with Crippen molar-refractivity contribution in [1.82, 2.24) is 10.0 Å². The van der Waals surface area contributed by atoms with Gasteiger partial charge in [0.25, 0.3) is 10.0 Å². The largest absolute Gasteiger partial charge is 0.447 e. The third kappa shape index (κ3) is 4.12. The lowest BCUT2D eigenvalue weighted by Gasteiger charge is -2.09. The molecule has 0 radical (unpaired) electrons. The molecule has 0 saturated carbocycles. The smallest absolute Gasteiger partial charge is 0.274 e. The van der Waals surface area contributed by atoms with Crippen molar-refractivity contribution in [2.45, 2.75) is 31.5 Å². The summed E-state index contributed by atoms with van der Waals surface area (Å²) in [5.74, 6) is 0.559. The average Bonchev–Trinajstić information content (AvgIpc) is 2.75. The Morgan fingerprint density at radius 3 is 2.76 bits per heavy atom. The van der Waals surface area contributed by atoms with Crippen molar-refractivity contribution < 1.29 is 17.9 Å². The molecule has 98 valence electrons. The SMILES string of the molecule is CCNCc1ccc(S(=O)(=O)NC(C)CO)o1. The van der Waals surface area contributed by atoms with Crippen LogP contribution in [0.4, 0.5) is 0 Å². The summed E-state index contributed by atoms with van der Waals surface area (Å²) in [4.78, 5) is 0. The molecule has 1 unspecified atom stereocenters. The topological polar surface area (TPSA) is 91.6 Å². The van der Waals surface area contributed by atoms with E-state index in [2.05, 4.69) is 10.0 Å². The number of rotatable bonds is 7. The van der Waals surface area contributed by atoms with Gasteiger partial charge in [-0.3, -0.25) is 0 Å². The van der Waals surface area contributed by atoms with Gasteiger partial charge in [0, 0.05) is 6.04 Å². The molecule has 1 heterocycles. The molecular formula is C10H18N2O4S. The first kappa shape index (κ1) is 14.2. The summed E-state index contributed by atoms with van der Waals surface area (Å²) < 4.78 is 31.0. The highest BCUT2D eigenvalue weighted by Crippen LogP contribution is 2.14. The fourth-order valence-corrected chi connectivity index (χ4v) is 2.39. The summed E-state index contributed by atoms with van der Waals surface area (Å²) in [6.07, 6.45) is 0. The summed E-state index contributed by atoms with van der Waals surface area (Å²) in [6, 6.07) is 2.47. The van der Waals surface area contributed by atoms with E-state index < -0.39 is 16.1 Å². The molecule has 0 aliphatic rings. The summed E-state index contributed by atoms with van der Waals surface area (Å²) in [6.45, 7) is 4.53. The van der Waals surface area contributed by atoms with Crippen molar-refractivity contribution in [3.8, 4) is 0 Å². The van der Waals surface area contributed by atoms with E-state index in [-0.39, 0.29) is 11.7 Å². The molecule has 0 bridgehead atoms. The van der Waals surface area contributed by atoms with E-state index in [0.717, 1.165) is 6.54 Å². The maximum Gasteiger partial charge on any atom is 0.274 e. The fourth-order valence-electron chi connectivity index (χ4n) is 1.21. The Morgan fingerprint density at radius 1 is 1.47 bits per heavy atom. The van der Waals surface area contributed by atoms with Crippen LogP contribution < -0.4 is 10.0 Å². The molecule has 0 saturated heterocycles. The predicted octanol–water partition coefficient (Wildman–Crippen LogP) is 0.0482. The number of hydrogen-bond donors (Lipinski definition) is 3. The van der Waals surface area contributed by atoms with Crippen molar-refractivity contribution in [3.05, 3.63) is 17.9 Å². The second kappa shape index (κ2) is 6.15. The normalized spacial score (nSPS) is 13.8. The van der Waals surface area contributed by atoms with Crippen LogP contribution in [-0.2, 0) is 16.6 Å². The number of furan rings is 1. The van der Waals surface area contributed by atoms with E-state index in [0.29, 0.717) is 12.3 Å². The molecule has 1 atom stereocenters. The summed E-state index contributed by atoms with van der Waals surface area (Å²) in [7, 11) is -3.68. The number of hydrogen-bond acceptors (Lipinski definition) is 5. The second-order valence-corrected chi connectivity index (χ2v) is 5.35. The van der Waals surface area contributed by atoms with Gasteiger partial charge in [-0.05, 0) is 25.6 Å². The average molecular weight is 262 g/mol. The molecule has 0 aliphatic heterocycles. The highest BCUT2D eigenvalue weighted by molar-refractivity contribution is 7.89. The van der Waals surface area contributed by atoms with Gasteiger partial charge < -0.3 is 14.8 Å². The molecular weight excluding hydrogens is 244 g/mol. The second-order valence-electron chi connectivity index (χ2n) is 3.71. The van der Waals surface area contributed by atoms with Gasteiger partial charge in [0.15, 0.2) is 0 Å². The number of sulfonamides is 1. The van der Waals surface area contributed by atoms with Gasteiger partial charge >= 0.3 is 0 Å². The molecule has 1 aromatic rings. The van der Waals surface area contributed by atoms with Crippen molar-refractivity contribution in [2.24, 2.45) is 0 Å². The van der Waals surface area contributed by atoms with Crippen LogP contribution in [-0.4, -0.2) is 32.7 Å². The molecule has 0 amide bonds. The van der Waals surface area contributed by atoms with E-state index in [1.54, 1.807) is 13.0 Å². The van der Waals surface area contributed by atoms with E-state index in [1.807, 2.05) is 6.92 Å². The Kier molecular flexibility index (Phi) is 5.13. The van der Waals surface area contributed by atoms with Crippen LogP contribution in [0.25, 0.3) is 0 Å². The Morgan fingerprint density at radius 2 is 2.18 bits per heavy atom. The lowest BCUT2D eigenvalue weighted by atomic mass is 10.4. The van der Waals surface area contributed by atoms with E-state index >= 15 is 0 Å². The summed E-state index contributed by atoms with van der Waals surface area (Å²) in [5, 5.41) is 11.7. The van der Waals surface area contributed by atoms with Crippen LogP contribution in [0, 0.1) is 0 Å². The van der Waals surface area contributed by atoms with E-state index in [9.17, 15) is 8.42 Å². The fraction of sp³-hybridized carbons (Fsp3) is 0.600. The minimum atomic E-state index is -3.68. The van der Waals surface area contributed by atoms with Crippen LogP contribution in [0.2, 0.25) is 0 Å². The van der Waals surface area contributed by atoms with Crippen LogP contribution in [0.3, 0.4) is 0 Å². The van der Waals surface area contributed by atoms with Crippen molar-refractivity contribution >= 4 is 10.0 Å². The molecule has 3 N–H and O–H groups in total. The first-order chi connectivity index (χ1) is 7.99. The Labute approximate surface area is 101 Å². The Hall–Kier alpha value is -0.890.